The number of rotatable bonds is 16. The maximum atomic E-state index is 9.75. The van der Waals surface area contributed by atoms with Crippen LogP contribution in [0.4, 0.5) is 0 Å². The number of aliphatic hydroxyl groups is 1. The lowest BCUT2D eigenvalue weighted by Crippen LogP contribution is -1.84. The Balaban J connectivity index is 0. The number of aliphatic carboxylic acids is 1. The van der Waals surface area contributed by atoms with Gasteiger partial charge in [-0.05, 0) is 13.3 Å². The zero-order chi connectivity index (χ0) is 19.0. The van der Waals surface area contributed by atoms with E-state index in [4.69, 9.17) is 10.2 Å². The lowest BCUT2D eigenvalue weighted by Gasteiger charge is -2.02. The number of carboxylic acids is 1. The Bertz CT molecular complexity index is 294. The van der Waals surface area contributed by atoms with Gasteiger partial charge in [-0.25, -0.2) is 4.79 Å². The first-order chi connectivity index (χ1) is 12.2. The molecule has 3 heteroatoms. The first kappa shape index (κ1) is 26.1. The lowest BCUT2D eigenvalue weighted by atomic mass is 10.0. The molecule has 0 rings (SSSR count). The van der Waals surface area contributed by atoms with Crippen molar-refractivity contribution < 1.29 is 15.0 Å². The van der Waals surface area contributed by atoms with Crippen molar-refractivity contribution in [1.29, 1.82) is 0 Å². The summed E-state index contributed by atoms with van der Waals surface area (Å²) in [6.07, 6.45) is 25.2. The van der Waals surface area contributed by atoms with Gasteiger partial charge < -0.3 is 10.2 Å². The Morgan fingerprint density at radius 2 is 1.12 bits per heavy atom. The Morgan fingerprint density at radius 3 is 1.44 bits per heavy atom. The minimum Gasteiger partial charge on any atom is -0.478 e. The largest absolute Gasteiger partial charge is 0.478 e. The van der Waals surface area contributed by atoms with Crippen LogP contribution in [0.2, 0.25) is 0 Å². The smallest absolute Gasteiger partial charge is 0.328 e. The molecule has 0 unspecified atom stereocenters. The van der Waals surface area contributed by atoms with E-state index in [-0.39, 0.29) is 0 Å². The molecule has 2 N–H and O–H groups in total. The number of carbonyl (C=O) groups is 1. The van der Waals surface area contributed by atoms with E-state index in [0.717, 1.165) is 12.5 Å². The van der Waals surface area contributed by atoms with Gasteiger partial charge in [0.05, 0.1) is 0 Å². The molecule has 0 saturated carbocycles. The average Bonchev–Trinajstić information content (AvgIpc) is 2.59. The van der Waals surface area contributed by atoms with Gasteiger partial charge in [0, 0.05) is 12.7 Å². The van der Waals surface area contributed by atoms with Gasteiger partial charge in [0.25, 0.3) is 0 Å². The monoisotopic (exact) mass is 354 g/mol. The molecule has 0 radical (unpaired) electrons. The molecule has 0 aromatic carbocycles. The number of hydrogen-bond donors (Lipinski definition) is 2. The number of carboxylic acid groups (broad SMARTS) is 1. The van der Waals surface area contributed by atoms with Crippen molar-refractivity contribution in [2.45, 2.75) is 104 Å². The van der Waals surface area contributed by atoms with E-state index < -0.39 is 5.97 Å². The summed E-state index contributed by atoms with van der Waals surface area (Å²) in [7, 11) is 0. The molecular weight excluding hydrogens is 312 g/mol. The van der Waals surface area contributed by atoms with Crippen LogP contribution in [0, 0.1) is 0 Å². The van der Waals surface area contributed by atoms with Crippen LogP contribution < -0.4 is 0 Å². The Hall–Kier alpha value is -1.09. The Kier molecular flexibility index (Phi) is 26.3. The Labute approximate surface area is 156 Å². The summed E-state index contributed by atoms with van der Waals surface area (Å²) < 4.78 is 0. The molecule has 0 bridgehead atoms. The molecule has 0 aliphatic rings. The van der Waals surface area contributed by atoms with Gasteiger partial charge in [-0.15, -0.1) is 0 Å². The van der Waals surface area contributed by atoms with E-state index in [0.29, 0.717) is 6.61 Å². The molecule has 0 aromatic rings. The standard InChI is InChI=1S/C16H34O.C6H8O2/c1-2-3-4-5-6-7-8-9-10-11-12-13-14-15-16-17;1-2-3-4-5-6(7)8/h17H,2-16H2,1H3;2-5H,1H3,(H,7,8)/b;3-2+,5-4+. The molecule has 25 heavy (non-hydrogen) atoms. The molecule has 0 atom stereocenters. The van der Waals surface area contributed by atoms with Crippen LogP contribution >= 0.6 is 0 Å². The van der Waals surface area contributed by atoms with Crippen LogP contribution in [-0.4, -0.2) is 22.8 Å². The van der Waals surface area contributed by atoms with Crippen LogP contribution in [-0.2, 0) is 4.79 Å². The highest BCUT2D eigenvalue weighted by Gasteiger charge is 1.93. The predicted octanol–water partition coefficient (Wildman–Crippen LogP) is 6.66. The summed E-state index contributed by atoms with van der Waals surface area (Å²) in [5, 5.41) is 16.7. The van der Waals surface area contributed by atoms with Gasteiger partial charge in [-0.3, -0.25) is 0 Å². The molecule has 0 fully saturated rings. The molecule has 3 nitrogen and oxygen atoms in total. The summed E-state index contributed by atoms with van der Waals surface area (Å²) in [5.74, 6) is -0.914. The molecule has 0 heterocycles. The lowest BCUT2D eigenvalue weighted by molar-refractivity contribution is -0.131. The zero-order valence-electron chi connectivity index (χ0n) is 16.7. The summed E-state index contributed by atoms with van der Waals surface area (Å²) in [4.78, 5) is 9.75. The number of aliphatic hydroxyl groups excluding tert-OH is 1. The summed E-state index contributed by atoms with van der Waals surface area (Å²) in [6, 6.07) is 0. The van der Waals surface area contributed by atoms with Gasteiger partial charge in [0.2, 0.25) is 0 Å². The van der Waals surface area contributed by atoms with E-state index in [9.17, 15) is 4.79 Å². The van der Waals surface area contributed by atoms with E-state index in [1.54, 1.807) is 12.2 Å². The normalized spacial score (nSPS) is 11.0. The van der Waals surface area contributed by atoms with Gasteiger partial charge in [-0.1, -0.05) is 109 Å². The Morgan fingerprint density at radius 1 is 0.720 bits per heavy atom. The molecule has 0 aliphatic heterocycles. The van der Waals surface area contributed by atoms with E-state index >= 15 is 0 Å². The summed E-state index contributed by atoms with van der Waals surface area (Å²) in [6.45, 7) is 4.48. The third-order valence-corrected chi connectivity index (χ3v) is 4.05. The van der Waals surface area contributed by atoms with E-state index in [1.807, 2.05) is 6.92 Å². The van der Waals surface area contributed by atoms with Crippen LogP contribution in [0.25, 0.3) is 0 Å². The maximum absolute atomic E-state index is 9.75. The van der Waals surface area contributed by atoms with Crippen LogP contribution in [0.5, 0.6) is 0 Å². The first-order valence-corrected chi connectivity index (χ1v) is 10.3. The third-order valence-electron chi connectivity index (χ3n) is 4.05. The molecule has 0 saturated heterocycles. The van der Waals surface area contributed by atoms with Gasteiger partial charge >= 0.3 is 5.97 Å². The fourth-order valence-electron chi connectivity index (χ4n) is 2.56. The minimum atomic E-state index is -0.914. The maximum Gasteiger partial charge on any atom is 0.328 e. The highest BCUT2D eigenvalue weighted by Crippen LogP contribution is 2.12. The fourth-order valence-corrected chi connectivity index (χ4v) is 2.56. The van der Waals surface area contributed by atoms with Crippen molar-refractivity contribution in [3.63, 3.8) is 0 Å². The van der Waals surface area contributed by atoms with Crippen LogP contribution in [0.15, 0.2) is 24.3 Å². The third kappa shape index (κ3) is 31.2. The van der Waals surface area contributed by atoms with Gasteiger partial charge in [0.15, 0.2) is 0 Å². The second-order valence-corrected chi connectivity index (χ2v) is 6.54. The molecule has 0 amide bonds. The van der Waals surface area contributed by atoms with Crippen molar-refractivity contribution in [2.24, 2.45) is 0 Å². The zero-order valence-corrected chi connectivity index (χ0v) is 16.7. The number of allylic oxidation sites excluding steroid dienone is 3. The molecule has 0 spiro atoms. The van der Waals surface area contributed by atoms with Crippen molar-refractivity contribution in [2.75, 3.05) is 6.61 Å². The highest BCUT2D eigenvalue weighted by molar-refractivity contribution is 5.80. The number of unbranched alkanes of at least 4 members (excludes halogenated alkanes) is 13. The molecule has 148 valence electrons. The quantitative estimate of drug-likeness (QED) is 0.185. The topological polar surface area (TPSA) is 57.5 Å². The van der Waals surface area contributed by atoms with E-state index in [1.165, 1.54) is 89.5 Å². The predicted molar refractivity (Wildman–Crippen MR) is 109 cm³/mol. The molecule has 0 aliphatic carbocycles. The summed E-state index contributed by atoms with van der Waals surface area (Å²) in [5.41, 5.74) is 0. The number of hydrogen-bond acceptors (Lipinski definition) is 2. The molecular formula is C22H42O3. The second-order valence-electron chi connectivity index (χ2n) is 6.54. The van der Waals surface area contributed by atoms with E-state index in [2.05, 4.69) is 6.92 Å². The van der Waals surface area contributed by atoms with Crippen molar-refractivity contribution in [1.82, 2.24) is 0 Å². The average molecular weight is 355 g/mol. The van der Waals surface area contributed by atoms with Gasteiger partial charge in [-0.2, -0.15) is 0 Å². The minimum absolute atomic E-state index is 0.373. The fraction of sp³-hybridized carbons (Fsp3) is 0.773. The van der Waals surface area contributed by atoms with Crippen molar-refractivity contribution >= 4 is 5.97 Å². The first-order valence-electron chi connectivity index (χ1n) is 10.3. The van der Waals surface area contributed by atoms with Gasteiger partial charge in [0.1, 0.15) is 0 Å². The van der Waals surface area contributed by atoms with Crippen LogP contribution in [0.1, 0.15) is 104 Å². The molecule has 0 aromatic heterocycles. The summed E-state index contributed by atoms with van der Waals surface area (Å²) >= 11 is 0. The SMILES string of the molecule is C/C=C/C=C/C(=O)O.CCCCCCCCCCCCCCCCO. The second kappa shape index (κ2) is 25.2. The van der Waals surface area contributed by atoms with Crippen molar-refractivity contribution in [3.05, 3.63) is 24.3 Å². The van der Waals surface area contributed by atoms with Crippen molar-refractivity contribution in [3.8, 4) is 0 Å². The van der Waals surface area contributed by atoms with Crippen LogP contribution in [0.3, 0.4) is 0 Å². The highest BCUT2D eigenvalue weighted by atomic mass is 16.4.